The number of amides is 2. The molecule has 63 heavy (non-hydrogen) atoms. The second-order valence-corrected chi connectivity index (χ2v) is 23.0. The third kappa shape index (κ3) is 23.7. The van der Waals surface area contributed by atoms with Crippen molar-refractivity contribution >= 4 is 6.03 Å². The van der Waals surface area contributed by atoms with Gasteiger partial charge in [0.1, 0.15) is 11.3 Å². The van der Waals surface area contributed by atoms with Gasteiger partial charge in [0, 0.05) is 36.4 Å². The number of carbonyl (C=O) groups excluding carboxylic acids is 1. The number of hydrogen-bond donors (Lipinski definition) is 2. The van der Waals surface area contributed by atoms with E-state index in [1.54, 1.807) is 12.0 Å². The number of ether oxygens (including phenoxy) is 1. The molecule has 3 aliphatic heterocycles. The van der Waals surface area contributed by atoms with Crippen LogP contribution in [0.1, 0.15) is 160 Å². The molecule has 0 aromatic heterocycles. The van der Waals surface area contributed by atoms with Crippen molar-refractivity contribution in [3.05, 3.63) is 78.0 Å². The topological polar surface area (TPSA) is 63.3 Å². The van der Waals surface area contributed by atoms with Crippen molar-refractivity contribution in [1.82, 2.24) is 30.2 Å². The Labute approximate surface area is 390 Å². The van der Waals surface area contributed by atoms with Crippen LogP contribution in [0.5, 0.6) is 5.75 Å². The number of hydrogen-bond acceptors (Lipinski definition) is 6. The van der Waals surface area contributed by atoms with Crippen LogP contribution in [0.15, 0.2) is 66.9 Å². The van der Waals surface area contributed by atoms with Gasteiger partial charge in [-0.25, -0.2) is 4.79 Å². The van der Waals surface area contributed by atoms with Crippen LogP contribution >= 0.6 is 0 Å². The molecule has 0 aliphatic carbocycles. The summed E-state index contributed by atoms with van der Waals surface area (Å²) in [4.78, 5) is 21.4. The van der Waals surface area contributed by atoms with Crippen LogP contribution in [0.3, 0.4) is 0 Å². The van der Waals surface area contributed by atoms with Gasteiger partial charge in [0.2, 0.25) is 0 Å². The quantitative estimate of drug-likeness (QED) is 0.221. The molecule has 8 nitrogen and oxygen atoms in total. The molecular formula is C55H100N6O2. The van der Waals surface area contributed by atoms with Crippen molar-refractivity contribution in [3.8, 4) is 5.75 Å². The molecule has 0 saturated carbocycles. The van der Waals surface area contributed by atoms with E-state index in [0.717, 1.165) is 35.9 Å². The minimum atomic E-state index is -0.528. The standard InChI is InChI=1S/C19H31NO.C17H25N3O.C9H19N.C9H21N.CH4/c1-19(2,3)15-17-10-13-20(14-11-17)12-9-16-5-7-18(21-4)8-6-16;1-13-17(5,14-9-7-6-8-10-14)19-15(21)20(13)12-11-18-16(2,3)4;1-9(2,3)10-7-5-4-6-8-10;1-9(2,3)7-6-8-10(4)5;/h5-8,17H,9-15H2,1-4H3;6-10,18H,1,11-12H2,2-5H3,(H,19,21);4-8H2,1-3H3;6-8H2,1-5H3;1H4. The van der Waals surface area contributed by atoms with E-state index in [1.807, 2.05) is 37.3 Å². The van der Waals surface area contributed by atoms with Crippen LogP contribution in [-0.2, 0) is 12.0 Å². The van der Waals surface area contributed by atoms with Crippen molar-refractivity contribution in [3.63, 3.8) is 0 Å². The van der Waals surface area contributed by atoms with E-state index < -0.39 is 5.54 Å². The highest BCUT2D eigenvalue weighted by atomic mass is 16.5. The molecule has 8 heteroatoms. The normalized spacial score (nSPS) is 19.2. The van der Waals surface area contributed by atoms with Gasteiger partial charge in [0.05, 0.1) is 7.11 Å². The van der Waals surface area contributed by atoms with Gasteiger partial charge < -0.3 is 25.2 Å². The molecule has 0 spiro atoms. The van der Waals surface area contributed by atoms with Gasteiger partial charge in [-0.15, -0.1) is 0 Å². The predicted octanol–water partition coefficient (Wildman–Crippen LogP) is 12.5. The maximum atomic E-state index is 12.3. The van der Waals surface area contributed by atoms with Crippen LogP contribution in [0.4, 0.5) is 4.79 Å². The number of rotatable bonds is 12. The highest BCUT2D eigenvalue weighted by Gasteiger charge is 2.43. The fraction of sp³-hybridized carbons (Fsp3) is 0.727. The zero-order valence-corrected chi connectivity index (χ0v) is 43.1. The molecule has 362 valence electrons. The molecule has 0 radical (unpaired) electrons. The van der Waals surface area contributed by atoms with Crippen LogP contribution in [0.25, 0.3) is 0 Å². The smallest absolute Gasteiger partial charge is 0.322 e. The molecule has 2 aromatic carbocycles. The molecular weight excluding hydrogens is 777 g/mol. The minimum Gasteiger partial charge on any atom is -0.497 e. The van der Waals surface area contributed by atoms with Gasteiger partial charge in [-0.3, -0.25) is 9.80 Å². The second kappa shape index (κ2) is 26.9. The van der Waals surface area contributed by atoms with Crippen molar-refractivity contribution in [1.29, 1.82) is 0 Å². The number of methoxy groups -OCH3 is 1. The molecule has 2 amide bonds. The lowest BCUT2D eigenvalue weighted by molar-refractivity contribution is 0.111. The maximum Gasteiger partial charge on any atom is 0.322 e. The van der Waals surface area contributed by atoms with Crippen molar-refractivity contribution in [2.45, 2.75) is 172 Å². The van der Waals surface area contributed by atoms with Crippen LogP contribution in [-0.4, -0.2) is 110 Å². The lowest BCUT2D eigenvalue weighted by Crippen LogP contribution is -2.44. The van der Waals surface area contributed by atoms with E-state index in [-0.39, 0.29) is 19.0 Å². The summed E-state index contributed by atoms with van der Waals surface area (Å²) in [7, 11) is 5.97. The first-order chi connectivity index (χ1) is 28.7. The minimum absolute atomic E-state index is 0. The molecule has 1 unspecified atom stereocenters. The summed E-state index contributed by atoms with van der Waals surface area (Å²) >= 11 is 0. The fourth-order valence-corrected chi connectivity index (χ4v) is 8.39. The molecule has 3 saturated heterocycles. The van der Waals surface area contributed by atoms with Crippen LogP contribution < -0.4 is 15.4 Å². The summed E-state index contributed by atoms with van der Waals surface area (Å²) in [5.74, 6) is 1.88. The highest BCUT2D eigenvalue weighted by Crippen LogP contribution is 2.35. The van der Waals surface area contributed by atoms with E-state index in [4.69, 9.17) is 4.74 Å². The average Bonchev–Trinajstić information content (AvgIpc) is 3.41. The van der Waals surface area contributed by atoms with E-state index in [9.17, 15) is 4.79 Å². The first-order valence-corrected chi connectivity index (χ1v) is 24.1. The third-order valence-electron chi connectivity index (χ3n) is 12.2. The van der Waals surface area contributed by atoms with Crippen LogP contribution in [0.2, 0.25) is 0 Å². The number of carbonyl (C=O) groups is 1. The summed E-state index contributed by atoms with van der Waals surface area (Å²) in [6.07, 6.45) is 12.1. The third-order valence-corrected chi connectivity index (χ3v) is 12.2. The van der Waals surface area contributed by atoms with E-state index in [0.29, 0.717) is 22.9 Å². The van der Waals surface area contributed by atoms with Crippen molar-refractivity contribution in [2.75, 3.05) is 73.6 Å². The average molecular weight is 877 g/mol. The molecule has 2 N–H and O–H groups in total. The van der Waals surface area contributed by atoms with Crippen molar-refractivity contribution < 1.29 is 9.53 Å². The second-order valence-electron chi connectivity index (χ2n) is 23.0. The Hall–Kier alpha value is -2.91. The fourth-order valence-electron chi connectivity index (χ4n) is 8.39. The van der Waals surface area contributed by atoms with E-state index >= 15 is 0 Å². The molecule has 3 aliphatic rings. The Morgan fingerprint density at radius 1 is 0.810 bits per heavy atom. The molecule has 3 heterocycles. The van der Waals surface area contributed by atoms with Gasteiger partial charge in [-0.2, -0.15) is 0 Å². The van der Waals surface area contributed by atoms with E-state index in [2.05, 4.69) is 153 Å². The molecule has 1 atom stereocenters. The predicted molar refractivity (Wildman–Crippen MR) is 275 cm³/mol. The molecule has 5 rings (SSSR count). The lowest BCUT2D eigenvalue weighted by Gasteiger charge is -2.38. The monoisotopic (exact) mass is 877 g/mol. The highest BCUT2D eigenvalue weighted by molar-refractivity contribution is 5.82. The zero-order valence-electron chi connectivity index (χ0n) is 43.1. The molecule has 3 fully saturated rings. The lowest BCUT2D eigenvalue weighted by atomic mass is 9.80. The summed E-state index contributed by atoms with van der Waals surface area (Å²) in [5.41, 5.74) is 4.17. The number of nitrogens with one attached hydrogen (secondary N) is 2. The zero-order chi connectivity index (χ0) is 46.8. The Morgan fingerprint density at radius 2 is 1.38 bits per heavy atom. The molecule has 2 aromatic rings. The summed E-state index contributed by atoms with van der Waals surface area (Å²) in [5, 5.41) is 6.45. The summed E-state index contributed by atoms with van der Waals surface area (Å²) in [6, 6.07) is 18.4. The molecule has 0 bridgehead atoms. The van der Waals surface area contributed by atoms with Gasteiger partial charge in [0.15, 0.2) is 0 Å². The maximum absolute atomic E-state index is 12.3. The SMILES string of the molecule is C.C=C1N(CCNC(C)(C)C)C(=O)NC1(C)c1ccccc1.CC(C)(C)N1CCCCC1.CN(C)CCCC(C)(C)C.COc1ccc(CCN2CCC(CC(C)(C)C)CC2)cc1. The number of benzene rings is 2. The Balaban J connectivity index is 0.000000443. The van der Waals surface area contributed by atoms with Crippen LogP contribution in [0, 0.1) is 16.7 Å². The number of likely N-dealkylation sites (tertiary alicyclic amines) is 2. The first kappa shape index (κ1) is 58.1. The number of urea groups is 1. The van der Waals surface area contributed by atoms with Gasteiger partial charge in [-0.1, -0.05) is 104 Å². The summed E-state index contributed by atoms with van der Waals surface area (Å²) in [6.45, 7) is 42.3. The number of nitrogens with zero attached hydrogens (tertiary/aromatic N) is 4. The van der Waals surface area contributed by atoms with Gasteiger partial charge in [0.25, 0.3) is 0 Å². The first-order valence-electron chi connectivity index (χ1n) is 24.1. The number of piperidine rings is 2. The van der Waals surface area contributed by atoms with Gasteiger partial charge >= 0.3 is 6.03 Å². The van der Waals surface area contributed by atoms with Crippen molar-refractivity contribution in [2.24, 2.45) is 16.7 Å². The Kier molecular flexibility index (Phi) is 24.8. The van der Waals surface area contributed by atoms with Gasteiger partial charge in [-0.05, 0) is 187 Å². The Bertz CT molecular complexity index is 1530. The Morgan fingerprint density at radius 3 is 1.84 bits per heavy atom. The summed E-state index contributed by atoms with van der Waals surface area (Å²) < 4.78 is 5.20. The largest absolute Gasteiger partial charge is 0.497 e. The van der Waals surface area contributed by atoms with E-state index in [1.165, 1.54) is 96.2 Å².